The molecular formula is C11H15BrClNO2. The number of carbonyl (C=O) groups excluding carboxylic acids is 1. The van der Waals surface area contributed by atoms with Gasteiger partial charge in [0, 0.05) is 11.9 Å². The summed E-state index contributed by atoms with van der Waals surface area (Å²) in [6.07, 6.45) is 0.992. The second-order valence-electron chi connectivity index (χ2n) is 4.39. The van der Waals surface area contributed by atoms with E-state index in [4.69, 9.17) is 16.0 Å². The number of hydrogen-bond donors (Lipinski definition) is 1. The van der Waals surface area contributed by atoms with Gasteiger partial charge >= 0.3 is 0 Å². The Hall–Kier alpha value is -0.480. The number of rotatable bonds is 5. The van der Waals surface area contributed by atoms with Crippen LogP contribution in [0.2, 0.25) is 5.22 Å². The van der Waals surface area contributed by atoms with Crippen molar-refractivity contribution in [3.05, 3.63) is 23.1 Å². The van der Waals surface area contributed by atoms with Crippen LogP contribution in [0.25, 0.3) is 0 Å². The summed E-state index contributed by atoms with van der Waals surface area (Å²) in [6.45, 7) is 4.81. The van der Waals surface area contributed by atoms with Gasteiger partial charge in [0.2, 0.25) is 0 Å². The van der Waals surface area contributed by atoms with Crippen molar-refractivity contribution in [2.75, 3.05) is 11.9 Å². The van der Waals surface area contributed by atoms with Gasteiger partial charge in [-0.05, 0) is 35.6 Å². The minimum absolute atomic E-state index is 0.0650. The molecule has 0 saturated carbocycles. The van der Waals surface area contributed by atoms with Crippen molar-refractivity contribution in [1.29, 1.82) is 0 Å². The molecule has 1 aromatic rings. The SMILES string of the molecule is CC(C)(CCBr)CNC(=O)c1ccc(Cl)o1. The van der Waals surface area contributed by atoms with Crippen LogP contribution in [0.1, 0.15) is 30.8 Å². The van der Waals surface area contributed by atoms with Crippen LogP contribution in [0.15, 0.2) is 16.5 Å². The molecule has 0 saturated heterocycles. The Morgan fingerprint density at radius 3 is 2.75 bits per heavy atom. The second kappa shape index (κ2) is 5.73. The Balaban J connectivity index is 2.47. The van der Waals surface area contributed by atoms with Gasteiger partial charge in [-0.25, -0.2) is 0 Å². The summed E-state index contributed by atoms with van der Waals surface area (Å²) < 4.78 is 5.01. The average molecular weight is 309 g/mol. The minimum Gasteiger partial charge on any atom is -0.440 e. The number of hydrogen-bond acceptors (Lipinski definition) is 2. The molecule has 0 aromatic carbocycles. The lowest BCUT2D eigenvalue weighted by atomic mass is 9.90. The van der Waals surface area contributed by atoms with Gasteiger partial charge in [0.05, 0.1) is 0 Å². The molecule has 0 unspecified atom stereocenters. The predicted octanol–water partition coefficient (Wildman–Crippen LogP) is 3.47. The van der Waals surface area contributed by atoms with E-state index in [0.29, 0.717) is 6.54 Å². The van der Waals surface area contributed by atoms with Crippen LogP contribution in [-0.2, 0) is 0 Å². The normalized spacial score (nSPS) is 11.5. The highest BCUT2D eigenvalue weighted by Crippen LogP contribution is 2.20. The Bertz CT molecular complexity index is 363. The van der Waals surface area contributed by atoms with Crippen molar-refractivity contribution in [2.24, 2.45) is 5.41 Å². The van der Waals surface area contributed by atoms with Crippen molar-refractivity contribution < 1.29 is 9.21 Å². The molecule has 0 bridgehead atoms. The van der Waals surface area contributed by atoms with Crippen LogP contribution in [0.3, 0.4) is 0 Å². The molecule has 0 aliphatic carbocycles. The summed E-state index contributed by atoms with van der Waals surface area (Å²) in [5.41, 5.74) is 0.0650. The highest BCUT2D eigenvalue weighted by atomic mass is 79.9. The molecule has 90 valence electrons. The molecule has 0 aliphatic heterocycles. The third-order valence-corrected chi connectivity index (χ3v) is 2.90. The third kappa shape index (κ3) is 4.18. The van der Waals surface area contributed by atoms with Gasteiger partial charge < -0.3 is 9.73 Å². The van der Waals surface area contributed by atoms with Crippen molar-refractivity contribution >= 4 is 33.4 Å². The van der Waals surface area contributed by atoms with Gasteiger partial charge in [-0.1, -0.05) is 29.8 Å². The fraction of sp³-hybridized carbons (Fsp3) is 0.545. The Morgan fingerprint density at radius 2 is 2.25 bits per heavy atom. The fourth-order valence-corrected chi connectivity index (χ4v) is 2.41. The lowest BCUT2D eigenvalue weighted by Crippen LogP contribution is -2.34. The highest BCUT2D eigenvalue weighted by molar-refractivity contribution is 9.09. The Labute approximate surface area is 109 Å². The van der Waals surface area contributed by atoms with E-state index >= 15 is 0 Å². The summed E-state index contributed by atoms with van der Waals surface area (Å²) >= 11 is 8.98. The standard InChI is InChI=1S/C11H15BrClNO2/c1-11(2,5-6-12)7-14-10(15)8-3-4-9(13)16-8/h3-4H,5-7H2,1-2H3,(H,14,15). The topological polar surface area (TPSA) is 42.2 Å². The molecule has 1 aromatic heterocycles. The maximum absolute atomic E-state index is 11.6. The highest BCUT2D eigenvalue weighted by Gasteiger charge is 2.19. The number of nitrogens with one attached hydrogen (secondary N) is 1. The van der Waals surface area contributed by atoms with E-state index in [0.717, 1.165) is 11.8 Å². The lowest BCUT2D eigenvalue weighted by Gasteiger charge is -2.23. The Morgan fingerprint density at radius 1 is 1.56 bits per heavy atom. The summed E-state index contributed by atoms with van der Waals surface area (Å²) in [6, 6.07) is 3.12. The molecule has 0 atom stereocenters. The summed E-state index contributed by atoms with van der Waals surface area (Å²) in [5, 5.41) is 3.97. The molecule has 0 aliphatic rings. The molecule has 0 spiro atoms. The van der Waals surface area contributed by atoms with Gasteiger partial charge in [-0.2, -0.15) is 0 Å². The first-order valence-corrected chi connectivity index (χ1v) is 6.54. The number of amides is 1. The number of alkyl halides is 1. The second-order valence-corrected chi connectivity index (χ2v) is 5.56. The van der Waals surface area contributed by atoms with E-state index in [1.54, 1.807) is 12.1 Å². The van der Waals surface area contributed by atoms with Crippen molar-refractivity contribution in [1.82, 2.24) is 5.32 Å². The first-order valence-electron chi connectivity index (χ1n) is 5.04. The van der Waals surface area contributed by atoms with E-state index in [2.05, 4.69) is 35.1 Å². The van der Waals surface area contributed by atoms with Crippen LogP contribution in [0.4, 0.5) is 0 Å². The van der Waals surface area contributed by atoms with Crippen LogP contribution >= 0.6 is 27.5 Å². The van der Waals surface area contributed by atoms with E-state index in [1.807, 2.05) is 0 Å². The molecule has 1 rings (SSSR count). The first-order chi connectivity index (χ1) is 7.44. The van der Waals surface area contributed by atoms with Gasteiger partial charge in [0.25, 0.3) is 5.91 Å². The molecule has 1 heterocycles. The maximum Gasteiger partial charge on any atom is 0.287 e. The first kappa shape index (κ1) is 13.6. The van der Waals surface area contributed by atoms with E-state index < -0.39 is 0 Å². The average Bonchev–Trinajstić information content (AvgIpc) is 2.61. The van der Waals surface area contributed by atoms with E-state index in [9.17, 15) is 4.79 Å². The summed E-state index contributed by atoms with van der Waals surface area (Å²) in [5.74, 6) is 0.0224. The molecule has 0 fully saturated rings. The molecule has 1 N–H and O–H groups in total. The van der Waals surface area contributed by atoms with E-state index in [-0.39, 0.29) is 22.3 Å². The zero-order valence-electron chi connectivity index (χ0n) is 9.35. The Kier molecular flexibility index (Phi) is 4.87. The number of carbonyl (C=O) groups is 1. The van der Waals surface area contributed by atoms with Crippen molar-refractivity contribution in [3.63, 3.8) is 0 Å². The smallest absolute Gasteiger partial charge is 0.287 e. The molecule has 3 nitrogen and oxygen atoms in total. The monoisotopic (exact) mass is 307 g/mol. The fourth-order valence-electron chi connectivity index (χ4n) is 1.19. The lowest BCUT2D eigenvalue weighted by molar-refractivity contribution is 0.0908. The quantitative estimate of drug-likeness (QED) is 0.846. The summed E-state index contributed by atoms with van der Waals surface area (Å²) in [4.78, 5) is 11.6. The molecule has 1 amide bonds. The van der Waals surface area contributed by atoms with Gasteiger partial charge in [-0.3, -0.25) is 4.79 Å². The number of furan rings is 1. The molecular weight excluding hydrogens is 293 g/mol. The minimum atomic E-state index is -0.227. The maximum atomic E-state index is 11.6. The van der Waals surface area contributed by atoms with Crippen LogP contribution in [0.5, 0.6) is 0 Å². The molecule has 5 heteroatoms. The zero-order chi connectivity index (χ0) is 12.2. The molecule has 0 radical (unpaired) electrons. The van der Waals surface area contributed by atoms with Crippen LogP contribution in [0, 0.1) is 5.41 Å². The zero-order valence-corrected chi connectivity index (χ0v) is 11.7. The van der Waals surface area contributed by atoms with Crippen LogP contribution in [-0.4, -0.2) is 17.8 Å². The summed E-state index contributed by atoms with van der Waals surface area (Å²) in [7, 11) is 0. The predicted molar refractivity (Wildman–Crippen MR) is 68.2 cm³/mol. The van der Waals surface area contributed by atoms with Gasteiger partial charge in [0.15, 0.2) is 11.0 Å². The third-order valence-electron chi connectivity index (χ3n) is 2.30. The van der Waals surface area contributed by atoms with Crippen LogP contribution < -0.4 is 5.32 Å². The van der Waals surface area contributed by atoms with Gasteiger partial charge in [0.1, 0.15) is 0 Å². The largest absolute Gasteiger partial charge is 0.440 e. The van der Waals surface area contributed by atoms with E-state index in [1.165, 1.54) is 0 Å². The number of halogens is 2. The molecule has 16 heavy (non-hydrogen) atoms. The van der Waals surface area contributed by atoms with Crippen molar-refractivity contribution in [3.8, 4) is 0 Å². The van der Waals surface area contributed by atoms with Crippen molar-refractivity contribution in [2.45, 2.75) is 20.3 Å². The van der Waals surface area contributed by atoms with Gasteiger partial charge in [-0.15, -0.1) is 0 Å².